The standard InChI is InChI=1S/C19H30N4O/c1-4-12-21-19(20-2)22-15-18(23-13-6-5-7-14-23)16-8-10-17(24-3)11-9-16/h4,8-11,18H,1,5-7,12-15H2,2-3H3,(H2,20,21,22). The fourth-order valence-corrected chi connectivity index (χ4v) is 3.10. The molecule has 0 amide bonds. The zero-order chi connectivity index (χ0) is 17.2. The lowest BCUT2D eigenvalue weighted by atomic mass is 10.0. The van der Waals surface area contributed by atoms with Crippen molar-refractivity contribution in [1.82, 2.24) is 15.5 Å². The van der Waals surface area contributed by atoms with E-state index in [1.807, 2.05) is 18.2 Å². The lowest BCUT2D eigenvalue weighted by molar-refractivity contribution is 0.164. The third-order valence-electron chi connectivity index (χ3n) is 4.43. The van der Waals surface area contributed by atoms with Crippen LogP contribution >= 0.6 is 0 Å². The second kappa shape index (κ2) is 9.98. The number of likely N-dealkylation sites (tertiary alicyclic amines) is 1. The number of guanidine groups is 1. The number of piperidine rings is 1. The highest BCUT2D eigenvalue weighted by molar-refractivity contribution is 5.79. The highest BCUT2D eigenvalue weighted by Gasteiger charge is 2.22. The molecule has 1 aliphatic heterocycles. The van der Waals surface area contributed by atoms with Crippen molar-refractivity contribution in [3.8, 4) is 5.75 Å². The first-order valence-corrected chi connectivity index (χ1v) is 8.72. The van der Waals surface area contributed by atoms with Gasteiger partial charge in [0.25, 0.3) is 0 Å². The summed E-state index contributed by atoms with van der Waals surface area (Å²) in [6.07, 6.45) is 5.71. The topological polar surface area (TPSA) is 48.9 Å². The molecule has 0 radical (unpaired) electrons. The van der Waals surface area contributed by atoms with Gasteiger partial charge in [-0.05, 0) is 43.6 Å². The molecule has 1 aliphatic rings. The van der Waals surface area contributed by atoms with Crippen LogP contribution in [0.15, 0.2) is 41.9 Å². The minimum absolute atomic E-state index is 0.332. The molecule has 0 bridgehead atoms. The molecule has 1 aromatic carbocycles. The van der Waals surface area contributed by atoms with Crippen LogP contribution < -0.4 is 15.4 Å². The van der Waals surface area contributed by atoms with Crippen LogP contribution in [0.1, 0.15) is 30.9 Å². The van der Waals surface area contributed by atoms with Gasteiger partial charge in [-0.25, -0.2) is 0 Å². The van der Waals surface area contributed by atoms with Crippen LogP contribution in [0.5, 0.6) is 5.75 Å². The summed E-state index contributed by atoms with van der Waals surface area (Å²) >= 11 is 0. The molecule has 0 saturated carbocycles. The quantitative estimate of drug-likeness (QED) is 0.458. The molecule has 1 atom stereocenters. The molecule has 1 aromatic rings. The lowest BCUT2D eigenvalue weighted by Gasteiger charge is -2.35. The molecular formula is C19H30N4O. The Morgan fingerprint density at radius 3 is 2.54 bits per heavy atom. The van der Waals surface area contributed by atoms with Gasteiger partial charge in [0, 0.05) is 20.1 Å². The van der Waals surface area contributed by atoms with Gasteiger partial charge in [-0.1, -0.05) is 24.6 Å². The molecule has 1 unspecified atom stereocenters. The monoisotopic (exact) mass is 330 g/mol. The van der Waals surface area contributed by atoms with Gasteiger partial charge in [-0.3, -0.25) is 9.89 Å². The van der Waals surface area contributed by atoms with Gasteiger partial charge < -0.3 is 15.4 Å². The van der Waals surface area contributed by atoms with Gasteiger partial charge in [0.05, 0.1) is 13.2 Å². The predicted octanol–water partition coefficient (Wildman–Crippen LogP) is 2.57. The van der Waals surface area contributed by atoms with Crippen LogP contribution in [0, 0.1) is 0 Å². The maximum Gasteiger partial charge on any atom is 0.191 e. The Bertz CT molecular complexity index is 521. The predicted molar refractivity (Wildman–Crippen MR) is 101 cm³/mol. The van der Waals surface area contributed by atoms with E-state index in [0.717, 1.165) is 31.3 Å². The minimum atomic E-state index is 0.332. The van der Waals surface area contributed by atoms with E-state index in [-0.39, 0.29) is 0 Å². The van der Waals surface area contributed by atoms with Crippen LogP contribution in [0.3, 0.4) is 0 Å². The van der Waals surface area contributed by atoms with Gasteiger partial charge in [0.1, 0.15) is 5.75 Å². The summed E-state index contributed by atoms with van der Waals surface area (Å²) in [6.45, 7) is 7.56. The van der Waals surface area contributed by atoms with Crippen molar-refractivity contribution in [3.05, 3.63) is 42.5 Å². The molecule has 132 valence electrons. The maximum atomic E-state index is 5.29. The average Bonchev–Trinajstić information content (AvgIpc) is 2.65. The summed E-state index contributed by atoms with van der Waals surface area (Å²) in [6, 6.07) is 8.74. The van der Waals surface area contributed by atoms with Gasteiger partial charge in [0.2, 0.25) is 0 Å². The van der Waals surface area contributed by atoms with E-state index >= 15 is 0 Å². The van der Waals surface area contributed by atoms with Crippen LogP contribution in [0.4, 0.5) is 0 Å². The molecule has 2 rings (SSSR count). The summed E-state index contributed by atoms with van der Waals surface area (Å²) in [5, 5.41) is 6.68. The summed E-state index contributed by atoms with van der Waals surface area (Å²) < 4.78 is 5.29. The second-order valence-corrected chi connectivity index (χ2v) is 6.01. The first-order chi connectivity index (χ1) is 11.8. The molecule has 1 heterocycles. The number of aliphatic imine (C=N–C) groups is 1. The molecular weight excluding hydrogens is 300 g/mol. The summed E-state index contributed by atoms with van der Waals surface area (Å²) in [7, 11) is 3.50. The number of methoxy groups -OCH3 is 1. The minimum Gasteiger partial charge on any atom is -0.497 e. The highest BCUT2D eigenvalue weighted by atomic mass is 16.5. The van der Waals surface area contributed by atoms with Crippen molar-refractivity contribution in [1.29, 1.82) is 0 Å². The number of nitrogens with zero attached hydrogens (tertiary/aromatic N) is 2. The Kier molecular flexibility index (Phi) is 7.62. The number of benzene rings is 1. The van der Waals surface area contributed by atoms with Crippen LogP contribution in [0.2, 0.25) is 0 Å². The zero-order valence-electron chi connectivity index (χ0n) is 14.9. The molecule has 1 fully saturated rings. The zero-order valence-corrected chi connectivity index (χ0v) is 14.9. The van der Waals surface area contributed by atoms with Crippen molar-refractivity contribution >= 4 is 5.96 Å². The first-order valence-electron chi connectivity index (χ1n) is 8.72. The molecule has 1 saturated heterocycles. The summed E-state index contributed by atoms with van der Waals surface area (Å²) in [5.74, 6) is 1.71. The number of hydrogen-bond acceptors (Lipinski definition) is 3. The van der Waals surface area contributed by atoms with Crippen molar-refractivity contribution in [2.24, 2.45) is 4.99 Å². The van der Waals surface area contributed by atoms with Gasteiger partial charge in [-0.15, -0.1) is 6.58 Å². The van der Waals surface area contributed by atoms with Gasteiger partial charge in [0.15, 0.2) is 5.96 Å². The summed E-state index contributed by atoms with van der Waals surface area (Å²) in [5.41, 5.74) is 1.31. The molecule has 0 spiro atoms. The average molecular weight is 330 g/mol. The number of nitrogens with one attached hydrogen (secondary N) is 2. The second-order valence-electron chi connectivity index (χ2n) is 6.01. The Hall–Kier alpha value is -2.01. The largest absolute Gasteiger partial charge is 0.497 e. The van der Waals surface area contributed by atoms with Crippen molar-refractivity contribution in [3.63, 3.8) is 0 Å². The highest BCUT2D eigenvalue weighted by Crippen LogP contribution is 2.25. The lowest BCUT2D eigenvalue weighted by Crippen LogP contribution is -2.44. The van der Waals surface area contributed by atoms with Crippen molar-refractivity contribution in [2.75, 3.05) is 40.3 Å². The Morgan fingerprint density at radius 1 is 1.25 bits per heavy atom. The Balaban J connectivity index is 2.08. The number of rotatable bonds is 7. The maximum absolute atomic E-state index is 5.29. The third kappa shape index (κ3) is 5.27. The van der Waals surface area contributed by atoms with E-state index in [4.69, 9.17) is 4.74 Å². The van der Waals surface area contributed by atoms with Crippen molar-refractivity contribution in [2.45, 2.75) is 25.3 Å². The van der Waals surface area contributed by atoms with E-state index in [0.29, 0.717) is 12.6 Å². The van der Waals surface area contributed by atoms with Gasteiger partial charge >= 0.3 is 0 Å². The van der Waals surface area contributed by atoms with E-state index in [1.165, 1.54) is 24.8 Å². The molecule has 2 N–H and O–H groups in total. The van der Waals surface area contributed by atoms with E-state index in [9.17, 15) is 0 Å². The van der Waals surface area contributed by atoms with Gasteiger partial charge in [-0.2, -0.15) is 0 Å². The molecule has 5 nitrogen and oxygen atoms in total. The number of hydrogen-bond donors (Lipinski definition) is 2. The fraction of sp³-hybridized carbons (Fsp3) is 0.526. The molecule has 5 heteroatoms. The van der Waals surface area contributed by atoms with Crippen LogP contribution in [-0.4, -0.2) is 51.2 Å². The molecule has 0 aliphatic carbocycles. The van der Waals surface area contributed by atoms with E-state index < -0.39 is 0 Å². The third-order valence-corrected chi connectivity index (χ3v) is 4.43. The van der Waals surface area contributed by atoms with Crippen LogP contribution in [-0.2, 0) is 0 Å². The SMILES string of the molecule is C=CCNC(=NC)NCC(c1ccc(OC)cc1)N1CCCCC1. The number of ether oxygens (including phenoxy) is 1. The van der Waals surface area contributed by atoms with E-state index in [2.05, 4.69) is 39.2 Å². The van der Waals surface area contributed by atoms with E-state index in [1.54, 1.807) is 14.2 Å². The Morgan fingerprint density at radius 2 is 1.96 bits per heavy atom. The normalized spacial score (nSPS) is 17.2. The Labute approximate surface area is 145 Å². The fourth-order valence-electron chi connectivity index (χ4n) is 3.10. The first kappa shape index (κ1) is 18.3. The van der Waals surface area contributed by atoms with Crippen molar-refractivity contribution < 1.29 is 4.74 Å². The molecule has 24 heavy (non-hydrogen) atoms. The smallest absolute Gasteiger partial charge is 0.191 e. The molecule has 0 aromatic heterocycles. The summed E-state index contributed by atoms with van der Waals surface area (Å²) in [4.78, 5) is 6.84. The van der Waals surface area contributed by atoms with Crippen LogP contribution in [0.25, 0.3) is 0 Å².